The summed E-state index contributed by atoms with van der Waals surface area (Å²) >= 11 is 0. The van der Waals surface area contributed by atoms with Gasteiger partial charge in [0.2, 0.25) is 11.8 Å². The van der Waals surface area contributed by atoms with Crippen molar-refractivity contribution in [3.05, 3.63) is 47.8 Å². The number of likely N-dealkylation sites (tertiary alicyclic amines) is 1. The van der Waals surface area contributed by atoms with E-state index in [1.165, 1.54) is 18.2 Å². The number of halogens is 1. The van der Waals surface area contributed by atoms with Crippen LogP contribution < -0.4 is 0 Å². The number of nitrogens with zero attached hydrogens (tertiary/aromatic N) is 1. The minimum Gasteiger partial charge on any atom is -0.456 e. The number of ether oxygens (including phenoxy) is 1. The van der Waals surface area contributed by atoms with Crippen molar-refractivity contribution in [2.45, 2.75) is 12.8 Å². The largest absolute Gasteiger partial charge is 0.456 e. The Labute approximate surface area is 143 Å². The lowest BCUT2D eigenvalue weighted by atomic mass is 9.85. The number of benzene rings is 1. The number of rotatable bonds is 5. The lowest BCUT2D eigenvalue weighted by Gasteiger charge is -2.14. The first-order valence-corrected chi connectivity index (χ1v) is 7.92. The summed E-state index contributed by atoms with van der Waals surface area (Å²) in [6.07, 6.45) is 4.68. The first-order valence-electron chi connectivity index (χ1n) is 7.92. The number of allylic oxidation sites excluding steroid dienone is 2. The van der Waals surface area contributed by atoms with Crippen LogP contribution in [0.4, 0.5) is 4.39 Å². The molecular formula is C18H16FNO5. The summed E-state index contributed by atoms with van der Waals surface area (Å²) in [7, 11) is 0. The first-order chi connectivity index (χ1) is 12.0. The Bertz CT molecular complexity index is 746. The Kier molecular flexibility index (Phi) is 4.74. The van der Waals surface area contributed by atoms with Gasteiger partial charge in [0.25, 0.3) is 0 Å². The van der Waals surface area contributed by atoms with Gasteiger partial charge in [-0.1, -0.05) is 24.3 Å². The normalized spacial score (nSPS) is 22.0. The lowest BCUT2D eigenvalue weighted by molar-refractivity contribution is -0.152. The van der Waals surface area contributed by atoms with Crippen molar-refractivity contribution in [1.82, 2.24) is 4.90 Å². The zero-order chi connectivity index (χ0) is 18.0. The van der Waals surface area contributed by atoms with E-state index in [4.69, 9.17) is 4.74 Å². The molecule has 0 spiro atoms. The van der Waals surface area contributed by atoms with Gasteiger partial charge in [-0.15, -0.1) is 0 Å². The Morgan fingerprint density at radius 3 is 2.36 bits per heavy atom. The highest BCUT2D eigenvalue weighted by atomic mass is 19.1. The van der Waals surface area contributed by atoms with Crippen LogP contribution in [0, 0.1) is 17.7 Å². The van der Waals surface area contributed by atoms with E-state index in [-0.39, 0.29) is 17.4 Å². The Morgan fingerprint density at radius 2 is 1.76 bits per heavy atom. The van der Waals surface area contributed by atoms with Crippen LogP contribution >= 0.6 is 0 Å². The molecule has 3 rings (SSSR count). The predicted octanol–water partition coefficient (Wildman–Crippen LogP) is 1.50. The van der Waals surface area contributed by atoms with Crippen molar-refractivity contribution in [2.75, 3.05) is 13.2 Å². The van der Waals surface area contributed by atoms with Crippen molar-refractivity contribution in [3.63, 3.8) is 0 Å². The average Bonchev–Trinajstić information content (AvgIpc) is 2.85. The van der Waals surface area contributed by atoms with Crippen molar-refractivity contribution in [3.8, 4) is 0 Å². The van der Waals surface area contributed by atoms with Gasteiger partial charge in [0.05, 0.1) is 11.8 Å². The van der Waals surface area contributed by atoms with Crippen LogP contribution in [-0.4, -0.2) is 41.6 Å². The zero-order valence-electron chi connectivity index (χ0n) is 13.3. The number of hydrogen-bond acceptors (Lipinski definition) is 5. The number of Topliss-reactive ketones (excluding diaryl/α,β-unsaturated/α-hetero) is 1. The minimum absolute atomic E-state index is 0.0817. The molecule has 2 aliphatic rings. The van der Waals surface area contributed by atoms with Crippen molar-refractivity contribution < 1.29 is 28.3 Å². The number of carbonyl (C=O) groups is 4. The summed E-state index contributed by atoms with van der Waals surface area (Å²) in [4.78, 5) is 49.1. The van der Waals surface area contributed by atoms with Gasteiger partial charge in [-0.05, 0) is 25.0 Å². The van der Waals surface area contributed by atoms with Gasteiger partial charge in [0, 0.05) is 5.56 Å². The van der Waals surface area contributed by atoms with Gasteiger partial charge in [0.15, 0.2) is 12.4 Å². The molecule has 1 saturated heterocycles. The van der Waals surface area contributed by atoms with E-state index in [0.717, 1.165) is 11.0 Å². The van der Waals surface area contributed by atoms with Gasteiger partial charge in [-0.3, -0.25) is 24.1 Å². The van der Waals surface area contributed by atoms with Gasteiger partial charge >= 0.3 is 5.97 Å². The average molecular weight is 345 g/mol. The number of esters is 1. The van der Waals surface area contributed by atoms with Crippen LogP contribution in [0.5, 0.6) is 0 Å². The maximum Gasteiger partial charge on any atom is 0.326 e. The van der Waals surface area contributed by atoms with Crippen LogP contribution in [0.15, 0.2) is 36.4 Å². The monoisotopic (exact) mass is 345 g/mol. The molecule has 25 heavy (non-hydrogen) atoms. The molecule has 7 heteroatoms. The van der Waals surface area contributed by atoms with Gasteiger partial charge < -0.3 is 4.74 Å². The number of imide groups is 1. The molecule has 1 heterocycles. The van der Waals surface area contributed by atoms with Crippen LogP contribution in [0.25, 0.3) is 0 Å². The highest BCUT2D eigenvalue weighted by Gasteiger charge is 2.47. The Hall–Kier alpha value is -2.83. The number of carbonyl (C=O) groups excluding carboxylic acids is 4. The molecule has 0 bridgehead atoms. The highest BCUT2D eigenvalue weighted by Crippen LogP contribution is 2.34. The molecule has 2 atom stereocenters. The highest BCUT2D eigenvalue weighted by molar-refractivity contribution is 6.07. The molecule has 0 aromatic heterocycles. The number of fused-ring (bicyclic) bond motifs is 1. The molecule has 1 aromatic carbocycles. The summed E-state index contributed by atoms with van der Waals surface area (Å²) < 4.78 is 17.9. The Balaban J connectivity index is 1.55. The van der Waals surface area contributed by atoms with Gasteiger partial charge in [-0.25, -0.2) is 4.39 Å². The van der Waals surface area contributed by atoms with Gasteiger partial charge in [0.1, 0.15) is 12.4 Å². The van der Waals surface area contributed by atoms with E-state index in [1.54, 1.807) is 0 Å². The fourth-order valence-electron chi connectivity index (χ4n) is 3.09. The van der Waals surface area contributed by atoms with E-state index in [0.29, 0.717) is 12.8 Å². The molecular weight excluding hydrogens is 329 g/mol. The van der Waals surface area contributed by atoms with Crippen LogP contribution in [0.3, 0.4) is 0 Å². The summed E-state index contributed by atoms with van der Waals surface area (Å²) in [6, 6.07) is 5.02. The summed E-state index contributed by atoms with van der Waals surface area (Å²) in [5, 5.41) is 0. The van der Waals surface area contributed by atoms with E-state index >= 15 is 0 Å². The second-order valence-corrected chi connectivity index (χ2v) is 6.01. The fourth-order valence-corrected chi connectivity index (χ4v) is 3.09. The smallest absolute Gasteiger partial charge is 0.326 e. The van der Waals surface area contributed by atoms with Gasteiger partial charge in [-0.2, -0.15) is 0 Å². The second kappa shape index (κ2) is 6.96. The minimum atomic E-state index is -0.849. The van der Waals surface area contributed by atoms with Crippen LogP contribution in [-0.2, 0) is 19.1 Å². The molecule has 0 saturated carbocycles. The standard InChI is InChI=1S/C18H16FNO5/c19-12-5-3-4-11(8-12)15(21)10-25-16(22)9-20-17(23)13-6-1-2-7-14(13)18(20)24/h1-5,8,13-14H,6-7,9-10H2/t13-,14-/m1/s1. The molecule has 1 aliphatic carbocycles. The third-order valence-electron chi connectivity index (χ3n) is 4.40. The number of ketones is 1. The summed E-state index contributed by atoms with van der Waals surface area (Å²) in [6.45, 7) is -1.09. The maximum absolute atomic E-state index is 13.1. The molecule has 0 radical (unpaired) electrons. The first kappa shape index (κ1) is 17.0. The maximum atomic E-state index is 13.1. The number of hydrogen-bond donors (Lipinski definition) is 0. The lowest BCUT2D eigenvalue weighted by Crippen LogP contribution is -2.37. The molecule has 0 N–H and O–H groups in total. The van der Waals surface area contributed by atoms with E-state index in [9.17, 15) is 23.6 Å². The summed E-state index contributed by atoms with van der Waals surface area (Å²) in [5.74, 6) is -3.58. The fraction of sp³-hybridized carbons (Fsp3) is 0.333. The second-order valence-electron chi connectivity index (χ2n) is 6.01. The molecule has 1 aromatic rings. The van der Waals surface area contributed by atoms with Crippen LogP contribution in [0.2, 0.25) is 0 Å². The van der Waals surface area contributed by atoms with Crippen molar-refractivity contribution in [1.29, 1.82) is 0 Å². The molecule has 2 amide bonds. The SMILES string of the molecule is O=C(CN1C(=O)[C@@H]2CC=CC[C@H]2C1=O)OCC(=O)c1cccc(F)c1. The molecule has 6 nitrogen and oxygen atoms in total. The predicted molar refractivity (Wildman–Crippen MR) is 83.8 cm³/mol. The summed E-state index contributed by atoms with van der Waals surface area (Å²) in [5.41, 5.74) is 0.0817. The van der Waals surface area contributed by atoms with Crippen LogP contribution in [0.1, 0.15) is 23.2 Å². The van der Waals surface area contributed by atoms with Crippen molar-refractivity contribution in [2.24, 2.45) is 11.8 Å². The molecule has 1 aliphatic heterocycles. The van der Waals surface area contributed by atoms with E-state index < -0.39 is 42.6 Å². The molecule has 0 unspecified atom stereocenters. The third kappa shape index (κ3) is 3.50. The van der Waals surface area contributed by atoms with Crippen molar-refractivity contribution >= 4 is 23.6 Å². The Morgan fingerprint density at radius 1 is 1.12 bits per heavy atom. The zero-order valence-corrected chi connectivity index (χ0v) is 13.3. The quantitative estimate of drug-likeness (QED) is 0.350. The topological polar surface area (TPSA) is 80.8 Å². The number of amides is 2. The third-order valence-corrected chi connectivity index (χ3v) is 4.40. The van der Waals surface area contributed by atoms with E-state index in [1.807, 2.05) is 12.2 Å². The van der Waals surface area contributed by atoms with E-state index in [2.05, 4.69) is 0 Å². The molecule has 1 fully saturated rings. The molecule has 130 valence electrons.